The second-order valence-electron chi connectivity index (χ2n) is 8.01. The van der Waals surface area contributed by atoms with Gasteiger partial charge in [-0.3, -0.25) is 14.5 Å². The molecule has 2 aliphatic heterocycles. The SMILES string of the molecule is C=CCSc1nnc(N2C(N)=C(C#N)[C@@]3(C(=O)Nc4ccc(C)cc43)C3=C2CCCC3=O)s1. The number of carbonyl (C=O) groups excluding carboxylic acids is 2. The summed E-state index contributed by atoms with van der Waals surface area (Å²) in [7, 11) is 0. The molecule has 0 saturated carbocycles. The zero-order valence-corrected chi connectivity index (χ0v) is 19.5. The number of nitrogens with zero attached hydrogens (tertiary/aromatic N) is 4. The van der Waals surface area contributed by atoms with Gasteiger partial charge in [0.25, 0.3) is 0 Å². The summed E-state index contributed by atoms with van der Waals surface area (Å²) in [5.74, 6) is 0.197. The molecular weight excluding hydrogens is 456 g/mol. The van der Waals surface area contributed by atoms with Crippen molar-refractivity contribution in [3.05, 3.63) is 64.6 Å². The lowest BCUT2D eigenvalue weighted by molar-refractivity contribution is -0.122. The van der Waals surface area contributed by atoms with E-state index in [0.717, 1.165) is 9.90 Å². The lowest BCUT2D eigenvalue weighted by Crippen LogP contribution is -2.50. The van der Waals surface area contributed by atoms with Crippen LogP contribution in [0, 0.1) is 18.3 Å². The summed E-state index contributed by atoms with van der Waals surface area (Å²) in [6.45, 7) is 5.63. The van der Waals surface area contributed by atoms with Gasteiger partial charge in [0.15, 0.2) is 10.1 Å². The number of rotatable bonds is 4. The minimum atomic E-state index is -1.56. The third-order valence-electron chi connectivity index (χ3n) is 6.09. The molecule has 166 valence electrons. The molecule has 3 aliphatic rings. The van der Waals surface area contributed by atoms with Gasteiger partial charge in [-0.1, -0.05) is 46.9 Å². The van der Waals surface area contributed by atoms with E-state index in [4.69, 9.17) is 5.73 Å². The van der Waals surface area contributed by atoms with Crippen LogP contribution in [-0.2, 0) is 15.0 Å². The van der Waals surface area contributed by atoms with Crippen LogP contribution in [0.2, 0.25) is 0 Å². The molecule has 5 rings (SSSR count). The highest BCUT2D eigenvalue weighted by molar-refractivity contribution is 8.01. The first kappa shape index (κ1) is 21.4. The van der Waals surface area contributed by atoms with E-state index in [-0.39, 0.29) is 17.2 Å². The highest BCUT2D eigenvalue weighted by atomic mass is 32.2. The van der Waals surface area contributed by atoms with Gasteiger partial charge in [0, 0.05) is 34.7 Å². The molecule has 0 unspecified atom stereocenters. The van der Waals surface area contributed by atoms with Gasteiger partial charge in [0.1, 0.15) is 17.3 Å². The topological polar surface area (TPSA) is 125 Å². The number of fused-ring (bicyclic) bond motifs is 3. The molecule has 8 nitrogen and oxygen atoms in total. The molecule has 0 fully saturated rings. The third kappa shape index (κ3) is 2.96. The minimum absolute atomic E-state index is 0.0360. The fourth-order valence-electron chi connectivity index (χ4n) is 4.80. The molecule has 1 aromatic carbocycles. The van der Waals surface area contributed by atoms with E-state index in [1.165, 1.54) is 23.1 Å². The number of thioether (sulfide) groups is 1. The van der Waals surface area contributed by atoms with Gasteiger partial charge in [-0.15, -0.1) is 16.8 Å². The predicted molar refractivity (Wildman–Crippen MR) is 128 cm³/mol. The highest BCUT2D eigenvalue weighted by Gasteiger charge is 2.60. The summed E-state index contributed by atoms with van der Waals surface area (Å²) in [4.78, 5) is 28.7. The van der Waals surface area contributed by atoms with Gasteiger partial charge >= 0.3 is 0 Å². The van der Waals surface area contributed by atoms with Crippen molar-refractivity contribution < 1.29 is 9.59 Å². The number of anilines is 2. The largest absolute Gasteiger partial charge is 0.384 e. The van der Waals surface area contributed by atoms with Crippen LogP contribution in [0.25, 0.3) is 0 Å². The van der Waals surface area contributed by atoms with Crippen molar-refractivity contribution in [2.45, 2.75) is 35.9 Å². The van der Waals surface area contributed by atoms with Crippen molar-refractivity contribution >= 4 is 45.6 Å². The molecule has 0 bridgehead atoms. The molecule has 1 aliphatic carbocycles. The molecule has 1 atom stereocenters. The van der Waals surface area contributed by atoms with Crippen LogP contribution >= 0.6 is 23.1 Å². The van der Waals surface area contributed by atoms with Gasteiger partial charge in [-0.2, -0.15) is 5.26 Å². The molecule has 2 aromatic rings. The fraction of sp³-hybridized carbons (Fsp3) is 0.261. The third-order valence-corrected chi connectivity index (χ3v) is 8.13. The first-order valence-corrected chi connectivity index (χ1v) is 12.2. The van der Waals surface area contributed by atoms with Gasteiger partial charge in [-0.25, -0.2) is 0 Å². The van der Waals surface area contributed by atoms with E-state index in [1.54, 1.807) is 17.0 Å². The molecule has 10 heteroatoms. The molecule has 3 heterocycles. The van der Waals surface area contributed by atoms with E-state index < -0.39 is 11.3 Å². The lowest BCUT2D eigenvalue weighted by atomic mass is 9.64. The average Bonchev–Trinajstić information content (AvgIpc) is 3.36. The van der Waals surface area contributed by atoms with Crippen molar-refractivity contribution in [3.8, 4) is 6.07 Å². The van der Waals surface area contributed by atoms with Crippen molar-refractivity contribution in [1.82, 2.24) is 10.2 Å². The van der Waals surface area contributed by atoms with Gasteiger partial charge in [-0.05, 0) is 25.8 Å². The smallest absolute Gasteiger partial charge is 0.245 e. The van der Waals surface area contributed by atoms with E-state index in [2.05, 4.69) is 28.2 Å². The molecule has 3 N–H and O–H groups in total. The Labute approximate surface area is 198 Å². The maximum absolute atomic E-state index is 13.6. The van der Waals surface area contributed by atoms with Crippen LogP contribution in [0.1, 0.15) is 30.4 Å². The molecule has 33 heavy (non-hydrogen) atoms. The lowest BCUT2D eigenvalue weighted by Gasteiger charge is -2.42. The Balaban J connectivity index is 1.79. The Hall–Kier alpha value is -3.42. The molecule has 1 aromatic heterocycles. The Morgan fingerprint density at radius 1 is 1.39 bits per heavy atom. The summed E-state index contributed by atoms with van der Waals surface area (Å²) in [6, 6.07) is 7.72. The molecule has 1 amide bonds. The van der Waals surface area contributed by atoms with Crippen LogP contribution < -0.4 is 16.0 Å². The normalized spacial score (nSPS) is 21.8. The number of aryl methyl sites for hydroxylation is 1. The first-order chi connectivity index (χ1) is 15.9. The number of nitrogens with two attached hydrogens (primary N) is 1. The van der Waals surface area contributed by atoms with Crippen LogP contribution in [0.3, 0.4) is 0 Å². The second kappa shape index (κ2) is 7.86. The predicted octanol–water partition coefficient (Wildman–Crippen LogP) is 3.54. The number of Topliss-reactive ketones (excluding diaryl/α,β-unsaturated/α-hetero) is 1. The Morgan fingerprint density at radius 2 is 2.21 bits per heavy atom. The van der Waals surface area contributed by atoms with Gasteiger partial charge < -0.3 is 11.1 Å². The maximum Gasteiger partial charge on any atom is 0.245 e. The summed E-state index contributed by atoms with van der Waals surface area (Å²) in [5.41, 5.74) is 8.12. The molecule has 1 spiro atoms. The Morgan fingerprint density at radius 3 is 2.97 bits per heavy atom. The number of aromatic nitrogens is 2. The number of allylic oxidation sites excluding steroid dienone is 1. The standard InChI is InChI=1S/C23H20N6O2S2/c1-3-9-32-22-28-27-21(33-22)29-16-5-4-6-17(30)18(16)23(14(11-24)19(29)25)13-10-12(2)7-8-15(13)26-20(23)31/h3,7-8,10H,1,4-6,9,25H2,2H3,(H,26,31)/t23-/m1/s1. The van der Waals surface area contributed by atoms with Crippen molar-refractivity contribution in [3.63, 3.8) is 0 Å². The number of ketones is 1. The van der Waals surface area contributed by atoms with Crippen LogP contribution in [0.4, 0.5) is 10.8 Å². The number of carbonyl (C=O) groups is 2. The number of benzene rings is 1. The quantitative estimate of drug-likeness (QED) is 0.507. The number of hydrogen-bond donors (Lipinski definition) is 2. The van der Waals surface area contributed by atoms with E-state index in [1.807, 2.05) is 19.1 Å². The van der Waals surface area contributed by atoms with E-state index >= 15 is 0 Å². The van der Waals surface area contributed by atoms with Crippen LogP contribution in [0.15, 0.2) is 57.9 Å². The van der Waals surface area contributed by atoms with Crippen LogP contribution in [-0.4, -0.2) is 27.6 Å². The maximum atomic E-state index is 13.6. The molecule has 0 radical (unpaired) electrons. The van der Waals surface area contributed by atoms with Crippen molar-refractivity contribution in [2.24, 2.45) is 5.73 Å². The number of nitrogens with one attached hydrogen (secondary N) is 1. The summed E-state index contributed by atoms with van der Waals surface area (Å²) in [5, 5.41) is 22.1. The zero-order valence-electron chi connectivity index (χ0n) is 17.8. The second-order valence-corrected chi connectivity index (χ2v) is 10.2. The fourth-order valence-corrected chi connectivity index (χ4v) is 6.45. The zero-order chi connectivity index (χ0) is 23.3. The minimum Gasteiger partial charge on any atom is -0.384 e. The van der Waals surface area contributed by atoms with Crippen LogP contribution in [0.5, 0.6) is 0 Å². The molecule has 0 saturated heterocycles. The summed E-state index contributed by atoms with van der Waals surface area (Å²) in [6.07, 6.45) is 3.24. The Bertz CT molecular complexity index is 1330. The van der Waals surface area contributed by atoms with Crippen molar-refractivity contribution in [1.29, 1.82) is 5.26 Å². The highest BCUT2D eigenvalue weighted by Crippen LogP contribution is 2.55. The Kier molecular flexibility index (Phi) is 5.11. The summed E-state index contributed by atoms with van der Waals surface area (Å²) >= 11 is 2.81. The number of amides is 1. The monoisotopic (exact) mass is 476 g/mol. The average molecular weight is 477 g/mol. The van der Waals surface area contributed by atoms with E-state index in [0.29, 0.717) is 52.7 Å². The van der Waals surface area contributed by atoms with Gasteiger partial charge in [0.2, 0.25) is 11.0 Å². The van der Waals surface area contributed by atoms with E-state index in [9.17, 15) is 14.9 Å². The summed E-state index contributed by atoms with van der Waals surface area (Å²) < 4.78 is 0.723. The number of hydrogen-bond acceptors (Lipinski definition) is 9. The first-order valence-electron chi connectivity index (χ1n) is 10.4. The number of nitriles is 1. The van der Waals surface area contributed by atoms with Gasteiger partial charge in [0.05, 0.1) is 5.57 Å². The van der Waals surface area contributed by atoms with Crippen molar-refractivity contribution in [2.75, 3.05) is 16.0 Å². The molecular formula is C23H20N6O2S2.